The molecule has 196 valence electrons. The lowest BCUT2D eigenvalue weighted by atomic mass is 9.93. The van der Waals surface area contributed by atoms with Gasteiger partial charge in [0.25, 0.3) is 0 Å². The van der Waals surface area contributed by atoms with Crippen molar-refractivity contribution in [3.8, 4) is 17.4 Å². The number of alkyl halides is 3. The van der Waals surface area contributed by atoms with Crippen LogP contribution in [0.1, 0.15) is 30.4 Å². The average molecular weight is 514 g/mol. The molecule has 0 spiro atoms. The van der Waals surface area contributed by atoms with Gasteiger partial charge in [-0.05, 0) is 74.7 Å². The molecule has 1 aliphatic rings. The first-order valence-electron chi connectivity index (χ1n) is 12.3. The molecule has 0 N–H and O–H groups in total. The maximum Gasteiger partial charge on any atom is 0.417 e. The first-order valence-corrected chi connectivity index (χ1v) is 12.3. The van der Waals surface area contributed by atoms with Gasteiger partial charge in [-0.2, -0.15) is 13.2 Å². The van der Waals surface area contributed by atoms with Crippen molar-refractivity contribution in [1.82, 2.24) is 14.8 Å². The Kier molecular flexibility index (Phi) is 8.66. The summed E-state index contributed by atoms with van der Waals surface area (Å²) in [5, 5.41) is 0. The van der Waals surface area contributed by atoms with Crippen LogP contribution in [-0.2, 0) is 12.7 Å². The third-order valence-electron chi connectivity index (χ3n) is 6.40. The van der Waals surface area contributed by atoms with Crippen LogP contribution in [0.4, 0.5) is 18.0 Å². The van der Waals surface area contributed by atoms with Gasteiger partial charge in [0.1, 0.15) is 11.5 Å². The minimum Gasteiger partial charge on any atom is -0.439 e. The molecular weight excluding hydrogens is 483 g/mol. The molecule has 1 aromatic heterocycles. The number of halogens is 3. The molecule has 1 aliphatic heterocycles. The molecule has 0 bridgehead atoms. The van der Waals surface area contributed by atoms with Crippen LogP contribution in [0.2, 0.25) is 0 Å². The third kappa shape index (κ3) is 7.95. The van der Waals surface area contributed by atoms with Crippen molar-refractivity contribution in [2.75, 3.05) is 26.7 Å². The molecule has 0 unspecified atom stereocenters. The molecule has 1 fully saturated rings. The Morgan fingerprint density at radius 3 is 2.30 bits per heavy atom. The number of pyridine rings is 1. The van der Waals surface area contributed by atoms with Crippen molar-refractivity contribution in [1.29, 1.82) is 0 Å². The fourth-order valence-corrected chi connectivity index (χ4v) is 4.25. The lowest BCUT2D eigenvalue weighted by Crippen LogP contribution is -2.40. The first kappa shape index (κ1) is 26.5. The number of carbonyl (C=O) groups is 1. The highest BCUT2D eigenvalue weighted by atomic mass is 19.4. The fourth-order valence-electron chi connectivity index (χ4n) is 4.25. The summed E-state index contributed by atoms with van der Waals surface area (Å²) in [4.78, 5) is 20.3. The minimum atomic E-state index is -4.45. The number of hydrogen-bond acceptors (Lipinski definition) is 5. The Morgan fingerprint density at radius 2 is 1.68 bits per heavy atom. The van der Waals surface area contributed by atoms with Gasteiger partial charge in [0, 0.05) is 31.9 Å². The van der Waals surface area contributed by atoms with Gasteiger partial charge in [-0.15, -0.1) is 0 Å². The highest BCUT2D eigenvalue weighted by Gasteiger charge is 2.30. The zero-order valence-electron chi connectivity index (χ0n) is 20.7. The van der Waals surface area contributed by atoms with E-state index >= 15 is 0 Å². The topological polar surface area (TPSA) is 54.9 Å². The minimum absolute atomic E-state index is 0.0341. The van der Waals surface area contributed by atoms with E-state index in [9.17, 15) is 18.0 Å². The SMILES string of the molecule is CN(CCC1CCN(C(=O)Oc2ccc(Oc3ccc(C(F)(F)F)cn3)cc2)CC1)Cc1ccccc1. The molecule has 37 heavy (non-hydrogen) atoms. The summed E-state index contributed by atoms with van der Waals surface area (Å²) < 4.78 is 48.9. The standard InChI is InChI=1S/C28H30F3N3O3/c1-33(20-22-5-3-2-4-6-22)16-13-21-14-17-34(18-15-21)27(35)37-25-10-8-24(9-11-25)36-26-12-7-23(19-32-26)28(29,30)31/h2-12,19,21H,13-18,20H2,1H3. The Morgan fingerprint density at radius 1 is 1.00 bits per heavy atom. The summed E-state index contributed by atoms with van der Waals surface area (Å²) in [6.07, 6.45) is -1.13. The molecule has 0 aliphatic carbocycles. The second kappa shape index (κ2) is 12.1. The highest BCUT2D eigenvalue weighted by Crippen LogP contribution is 2.30. The van der Waals surface area contributed by atoms with Crippen LogP contribution in [0.25, 0.3) is 0 Å². The number of hydrogen-bond donors (Lipinski definition) is 0. The number of likely N-dealkylation sites (tertiary alicyclic amines) is 1. The molecule has 0 saturated carbocycles. The first-order chi connectivity index (χ1) is 17.8. The smallest absolute Gasteiger partial charge is 0.417 e. The zero-order chi connectivity index (χ0) is 26.3. The number of piperidine rings is 1. The number of amides is 1. The molecule has 0 radical (unpaired) electrons. The van der Waals surface area contributed by atoms with E-state index in [0.29, 0.717) is 30.5 Å². The van der Waals surface area contributed by atoms with E-state index < -0.39 is 17.8 Å². The van der Waals surface area contributed by atoms with Crippen molar-refractivity contribution >= 4 is 6.09 Å². The molecule has 6 nitrogen and oxygen atoms in total. The number of carbonyl (C=O) groups excluding carboxylic acids is 1. The van der Waals surface area contributed by atoms with Gasteiger partial charge >= 0.3 is 12.3 Å². The van der Waals surface area contributed by atoms with E-state index in [2.05, 4.69) is 41.2 Å². The van der Waals surface area contributed by atoms with Crippen LogP contribution >= 0.6 is 0 Å². The van der Waals surface area contributed by atoms with Crippen molar-refractivity contribution in [2.45, 2.75) is 32.0 Å². The van der Waals surface area contributed by atoms with E-state index in [1.54, 1.807) is 29.2 Å². The predicted molar refractivity (Wildman–Crippen MR) is 133 cm³/mol. The summed E-state index contributed by atoms with van der Waals surface area (Å²) >= 11 is 0. The van der Waals surface area contributed by atoms with Gasteiger partial charge in [0.05, 0.1) is 5.56 Å². The molecule has 1 saturated heterocycles. The average Bonchev–Trinajstić information content (AvgIpc) is 2.89. The van der Waals surface area contributed by atoms with Crippen LogP contribution in [0.15, 0.2) is 72.9 Å². The molecular formula is C28H30F3N3O3. The number of benzene rings is 2. The Labute approximate surface area is 214 Å². The number of nitrogens with zero attached hydrogens (tertiary/aromatic N) is 3. The maximum absolute atomic E-state index is 12.7. The van der Waals surface area contributed by atoms with Crippen molar-refractivity contribution < 1.29 is 27.4 Å². The third-order valence-corrected chi connectivity index (χ3v) is 6.40. The van der Waals surface area contributed by atoms with E-state index in [1.807, 2.05) is 6.07 Å². The number of rotatable bonds is 8. The van der Waals surface area contributed by atoms with Crippen molar-refractivity contribution in [3.05, 3.63) is 84.1 Å². The van der Waals surface area contributed by atoms with Gasteiger partial charge in [-0.1, -0.05) is 30.3 Å². The highest BCUT2D eigenvalue weighted by molar-refractivity contribution is 5.70. The summed E-state index contributed by atoms with van der Waals surface area (Å²) in [6.45, 7) is 3.26. The van der Waals surface area contributed by atoms with Gasteiger partial charge in [0.15, 0.2) is 0 Å². The van der Waals surface area contributed by atoms with Crippen LogP contribution in [0.5, 0.6) is 17.4 Å². The second-order valence-corrected chi connectivity index (χ2v) is 9.27. The van der Waals surface area contributed by atoms with E-state index in [-0.39, 0.29) is 5.88 Å². The summed E-state index contributed by atoms with van der Waals surface area (Å²) in [7, 11) is 2.13. The van der Waals surface area contributed by atoms with E-state index in [4.69, 9.17) is 9.47 Å². The normalized spacial score (nSPS) is 14.6. The van der Waals surface area contributed by atoms with Gasteiger partial charge in [-0.25, -0.2) is 9.78 Å². The lowest BCUT2D eigenvalue weighted by Gasteiger charge is -2.32. The monoisotopic (exact) mass is 513 g/mol. The zero-order valence-corrected chi connectivity index (χ0v) is 20.7. The fraction of sp³-hybridized carbons (Fsp3) is 0.357. The van der Waals surface area contributed by atoms with E-state index in [0.717, 1.165) is 50.7 Å². The van der Waals surface area contributed by atoms with Crippen LogP contribution in [-0.4, -0.2) is 47.6 Å². The molecule has 2 heterocycles. The Balaban J connectivity index is 1.18. The quantitative estimate of drug-likeness (QED) is 0.339. The molecule has 3 aromatic rings. The van der Waals surface area contributed by atoms with Crippen molar-refractivity contribution in [2.24, 2.45) is 5.92 Å². The number of aromatic nitrogens is 1. The second-order valence-electron chi connectivity index (χ2n) is 9.27. The van der Waals surface area contributed by atoms with Crippen LogP contribution in [0, 0.1) is 5.92 Å². The summed E-state index contributed by atoms with van der Waals surface area (Å²) in [5.74, 6) is 1.34. The largest absolute Gasteiger partial charge is 0.439 e. The van der Waals surface area contributed by atoms with Gasteiger partial charge in [0.2, 0.25) is 5.88 Å². The lowest BCUT2D eigenvalue weighted by molar-refractivity contribution is -0.137. The molecule has 2 aromatic carbocycles. The number of ether oxygens (including phenoxy) is 2. The molecule has 1 amide bonds. The Bertz CT molecular complexity index is 1130. The molecule has 9 heteroatoms. The van der Waals surface area contributed by atoms with Gasteiger partial charge < -0.3 is 19.3 Å². The van der Waals surface area contributed by atoms with Gasteiger partial charge in [-0.3, -0.25) is 0 Å². The van der Waals surface area contributed by atoms with Crippen LogP contribution < -0.4 is 9.47 Å². The van der Waals surface area contributed by atoms with E-state index in [1.165, 1.54) is 5.56 Å². The van der Waals surface area contributed by atoms with Crippen LogP contribution in [0.3, 0.4) is 0 Å². The predicted octanol–water partition coefficient (Wildman–Crippen LogP) is 6.63. The van der Waals surface area contributed by atoms with Crippen molar-refractivity contribution in [3.63, 3.8) is 0 Å². The summed E-state index contributed by atoms with van der Waals surface area (Å²) in [6, 6.07) is 18.8. The Hall–Kier alpha value is -3.59. The molecule has 0 atom stereocenters. The molecule has 4 rings (SSSR count). The maximum atomic E-state index is 12.7. The summed E-state index contributed by atoms with van der Waals surface area (Å²) in [5.41, 5.74) is 0.458.